The molecule has 0 aliphatic carbocycles. The number of nitrogens with one attached hydrogen (secondary N) is 1. The number of nitrogens with zero attached hydrogens (tertiary/aromatic N) is 2. The van der Waals surface area contributed by atoms with E-state index in [-0.39, 0.29) is 25.3 Å². The molecule has 2 rings (SSSR count). The number of carbonyl (C=O) groups excluding carboxylic acids is 3. The lowest BCUT2D eigenvalue weighted by Gasteiger charge is -2.27. The summed E-state index contributed by atoms with van der Waals surface area (Å²) in [5.74, 6) is -1.01. The molecule has 0 aromatic rings. The van der Waals surface area contributed by atoms with Gasteiger partial charge in [0.1, 0.15) is 18.4 Å². The standard InChI is InChI=1S/C12H17N3O5/c1-4-19-10(17)8-5-7(13-14-8)9(16)15-11(18)20-6-12(15,2)3/h7,13H,4-6H2,1-3H3. The van der Waals surface area contributed by atoms with Crippen LogP contribution in [0.15, 0.2) is 5.10 Å². The highest BCUT2D eigenvalue weighted by Gasteiger charge is 2.47. The second-order valence-corrected chi connectivity index (χ2v) is 5.21. The van der Waals surface area contributed by atoms with Crippen molar-refractivity contribution in [3.8, 4) is 0 Å². The van der Waals surface area contributed by atoms with E-state index in [1.165, 1.54) is 0 Å². The maximum absolute atomic E-state index is 12.3. The van der Waals surface area contributed by atoms with Crippen molar-refractivity contribution in [1.82, 2.24) is 10.3 Å². The van der Waals surface area contributed by atoms with Crippen molar-refractivity contribution < 1.29 is 23.9 Å². The Morgan fingerprint density at radius 1 is 1.55 bits per heavy atom. The van der Waals surface area contributed by atoms with E-state index in [0.717, 1.165) is 4.90 Å². The highest BCUT2D eigenvalue weighted by atomic mass is 16.6. The zero-order valence-electron chi connectivity index (χ0n) is 11.6. The van der Waals surface area contributed by atoms with Crippen LogP contribution >= 0.6 is 0 Å². The first-order valence-electron chi connectivity index (χ1n) is 6.37. The predicted molar refractivity (Wildman–Crippen MR) is 67.9 cm³/mol. The first-order valence-corrected chi connectivity index (χ1v) is 6.37. The number of imide groups is 1. The number of hydrazone groups is 1. The van der Waals surface area contributed by atoms with Gasteiger partial charge in [0, 0.05) is 6.42 Å². The molecule has 1 saturated heterocycles. The number of hydrogen-bond donors (Lipinski definition) is 1. The molecule has 8 heteroatoms. The van der Waals surface area contributed by atoms with Gasteiger partial charge in [0.2, 0.25) is 0 Å². The lowest BCUT2D eigenvalue weighted by atomic mass is 10.0. The maximum Gasteiger partial charge on any atom is 0.417 e. The Labute approximate surface area is 116 Å². The monoisotopic (exact) mass is 283 g/mol. The SMILES string of the molecule is CCOC(=O)C1=NNC(C(=O)N2C(=O)OCC2(C)C)C1. The first kappa shape index (κ1) is 14.3. The van der Waals surface area contributed by atoms with E-state index in [1.54, 1.807) is 20.8 Å². The third-order valence-corrected chi connectivity index (χ3v) is 3.12. The van der Waals surface area contributed by atoms with Crippen LogP contribution in [-0.4, -0.2) is 53.4 Å². The Kier molecular flexibility index (Phi) is 3.65. The van der Waals surface area contributed by atoms with Crippen molar-refractivity contribution in [2.75, 3.05) is 13.2 Å². The normalized spacial score (nSPS) is 23.9. The van der Waals surface area contributed by atoms with Gasteiger partial charge in [-0.3, -0.25) is 10.2 Å². The van der Waals surface area contributed by atoms with Crippen molar-refractivity contribution in [3.05, 3.63) is 0 Å². The minimum atomic E-state index is -0.751. The second-order valence-electron chi connectivity index (χ2n) is 5.21. The van der Waals surface area contributed by atoms with E-state index in [0.29, 0.717) is 0 Å². The van der Waals surface area contributed by atoms with Crippen LogP contribution in [0.2, 0.25) is 0 Å². The molecule has 0 saturated carbocycles. The number of esters is 1. The smallest absolute Gasteiger partial charge is 0.417 e. The fourth-order valence-electron chi connectivity index (χ4n) is 2.09. The molecule has 2 heterocycles. The average molecular weight is 283 g/mol. The summed E-state index contributed by atoms with van der Waals surface area (Å²) >= 11 is 0. The van der Waals surface area contributed by atoms with E-state index in [9.17, 15) is 14.4 Å². The van der Waals surface area contributed by atoms with Crippen LogP contribution in [0.4, 0.5) is 4.79 Å². The number of ether oxygens (including phenoxy) is 2. The molecule has 0 spiro atoms. The molecular formula is C12H17N3O5. The Morgan fingerprint density at radius 3 is 2.80 bits per heavy atom. The summed E-state index contributed by atoms with van der Waals surface area (Å²) in [6, 6.07) is -0.751. The largest absolute Gasteiger partial charge is 0.461 e. The fourth-order valence-corrected chi connectivity index (χ4v) is 2.09. The van der Waals surface area contributed by atoms with Gasteiger partial charge >= 0.3 is 12.1 Å². The van der Waals surface area contributed by atoms with Gasteiger partial charge in [-0.2, -0.15) is 5.10 Å². The number of cyclic esters (lactones) is 1. The molecule has 2 amide bonds. The van der Waals surface area contributed by atoms with Crippen LogP contribution in [0.5, 0.6) is 0 Å². The van der Waals surface area contributed by atoms with Crippen molar-refractivity contribution in [3.63, 3.8) is 0 Å². The molecule has 110 valence electrons. The highest BCUT2D eigenvalue weighted by molar-refractivity contribution is 6.37. The minimum absolute atomic E-state index is 0.0948. The first-order chi connectivity index (χ1) is 9.36. The van der Waals surface area contributed by atoms with Gasteiger partial charge in [0.15, 0.2) is 0 Å². The lowest BCUT2D eigenvalue weighted by molar-refractivity contribution is -0.135. The Balaban J connectivity index is 2.03. The average Bonchev–Trinajstić information content (AvgIpc) is 2.95. The molecule has 1 fully saturated rings. The Bertz CT molecular complexity index is 485. The topological polar surface area (TPSA) is 97.3 Å². The summed E-state index contributed by atoms with van der Waals surface area (Å²) < 4.78 is 9.70. The molecule has 1 N–H and O–H groups in total. The molecule has 2 aliphatic rings. The Morgan fingerprint density at radius 2 is 2.25 bits per heavy atom. The number of hydrogen-bond acceptors (Lipinski definition) is 7. The van der Waals surface area contributed by atoms with Gasteiger partial charge in [0.05, 0.1) is 12.1 Å². The Hall–Kier alpha value is -2.12. The molecule has 20 heavy (non-hydrogen) atoms. The van der Waals surface area contributed by atoms with Crippen LogP contribution < -0.4 is 5.43 Å². The van der Waals surface area contributed by atoms with E-state index >= 15 is 0 Å². The molecule has 0 bridgehead atoms. The summed E-state index contributed by atoms with van der Waals surface area (Å²) in [5.41, 5.74) is 2.01. The molecule has 2 aliphatic heterocycles. The summed E-state index contributed by atoms with van der Waals surface area (Å²) in [5, 5.41) is 3.79. The van der Waals surface area contributed by atoms with Gasteiger partial charge in [-0.05, 0) is 20.8 Å². The summed E-state index contributed by atoms with van der Waals surface area (Å²) in [6.45, 7) is 5.54. The van der Waals surface area contributed by atoms with Crippen LogP contribution in [-0.2, 0) is 19.1 Å². The molecule has 8 nitrogen and oxygen atoms in total. The van der Waals surface area contributed by atoms with Crippen molar-refractivity contribution in [2.24, 2.45) is 5.10 Å². The van der Waals surface area contributed by atoms with E-state index in [1.807, 2.05) is 0 Å². The van der Waals surface area contributed by atoms with Crippen LogP contribution in [0, 0.1) is 0 Å². The van der Waals surface area contributed by atoms with Gasteiger partial charge < -0.3 is 9.47 Å². The number of carbonyl (C=O) groups is 3. The van der Waals surface area contributed by atoms with E-state index in [4.69, 9.17) is 9.47 Å². The van der Waals surface area contributed by atoms with E-state index in [2.05, 4.69) is 10.5 Å². The van der Waals surface area contributed by atoms with Crippen LogP contribution in [0.1, 0.15) is 27.2 Å². The van der Waals surface area contributed by atoms with Gasteiger partial charge in [0.25, 0.3) is 5.91 Å². The van der Waals surface area contributed by atoms with Gasteiger partial charge in [-0.1, -0.05) is 0 Å². The third-order valence-electron chi connectivity index (χ3n) is 3.12. The van der Waals surface area contributed by atoms with E-state index < -0.39 is 29.6 Å². The maximum atomic E-state index is 12.3. The molecular weight excluding hydrogens is 266 g/mol. The summed E-state index contributed by atoms with van der Waals surface area (Å²) in [6.07, 6.45) is -0.580. The van der Waals surface area contributed by atoms with Crippen molar-refractivity contribution in [2.45, 2.75) is 38.8 Å². The van der Waals surface area contributed by atoms with Gasteiger partial charge in [-0.15, -0.1) is 0 Å². The fraction of sp³-hybridized carbons (Fsp3) is 0.667. The minimum Gasteiger partial charge on any atom is -0.461 e. The van der Waals surface area contributed by atoms with Gasteiger partial charge in [-0.25, -0.2) is 14.5 Å². The zero-order chi connectivity index (χ0) is 14.9. The predicted octanol–water partition coefficient (Wildman–Crippen LogP) is 0.0248. The van der Waals surface area contributed by atoms with Crippen LogP contribution in [0.3, 0.4) is 0 Å². The molecule has 0 aromatic heterocycles. The number of amides is 2. The van der Waals surface area contributed by atoms with Crippen molar-refractivity contribution in [1.29, 1.82) is 0 Å². The van der Waals surface area contributed by atoms with Crippen molar-refractivity contribution >= 4 is 23.7 Å². The van der Waals surface area contributed by atoms with Crippen LogP contribution in [0.25, 0.3) is 0 Å². The molecule has 1 atom stereocenters. The molecule has 0 radical (unpaired) electrons. The second kappa shape index (κ2) is 5.10. The number of rotatable bonds is 3. The summed E-state index contributed by atoms with van der Waals surface area (Å²) in [7, 11) is 0. The molecule has 1 unspecified atom stereocenters. The molecule has 0 aromatic carbocycles. The third kappa shape index (κ3) is 2.45. The highest BCUT2D eigenvalue weighted by Crippen LogP contribution is 2.25. The quantitative estimate of drug-likeness (QED) is 0.734. The lowest BCUT2D eigenvalue weighted by Crippen LogP contribution is -2.52. The summed E-state index contributed by atoms with van der Waals surface area (Å²) in [4.78, 5) is 36.5. The zero-order valence-corrected chi connectivity index (χ0v) is 11.6.